The van der Waals surface area contributed by atoms with Crippen LogP contribution >= 0.6 is 11.3 Å². The zero-order valence-corrected chi connectivity index (χ0v) is 12.7. The Morgan fingerprint density at radius 3 is 3.00 bits per heavy atom. The summed E-state index contributed by atoms with van der Waals surface area (Å²) in [5.74, 6) is 5.60. The van der Waals surface area contributed by atoms with E-state index < -0.39 is 0 Å². The normalized spacial score (nSPS) is 9.90. The molecule has 1 aromatic heterocycles. The summed E-state index contributed by atoms with van der Waals surface area (Å²) >= 11 is 1.40. The summed E-state index contributed by atoms with van der Waals surface area (Å²) in [4.78, 5) is 12.6. The van der Waals surface area contributed by atoms with Crippen LogP contribution in [0.3, 0.4) is 0 Å². The van der Waals surface area contributed by atoms with Gasteiger partial charge in [0, 0.05) is 25.3 Å². The Hall–Kier alpha value is -1.35. The molecule has 0 spiro atoms. The molecule has 1 rings (SSSR count). The second-order valence-corrected chi connectivity index (χ2v) is 5.16. The average Bonchev–Trinajstić information content (AvgIpc) is 2.92. The molecule has 0 saturated carbocycles. The van der Waals surface area contributed by atoms with E-state index in [-0.39, 0.29) is 5.91 Å². The Bertz CT molecular complexity index is 460. The Kier molecular flexibility index (Phi) is 8.72. The summed E-state index contributed by atoms with van der Waals surface area (Å²) in [5.41, 5.74) is 6.08. The minimum atomic E-state index is -0.0742. The molecule has 0 saturated heterocycles. The SMILES string of the molecule is CCCCOCCCNC(=O)c1sccc1C#CCN. The standard InChI is InChI=1S/C15H22N2O2S/c1-2-3-10-19-11-5-9-17-15(18)14-13(6-4-8-16)7-12-20-14/h7,12H,2-3,5,8-11,16H2,1H3,(H,17,18). The maximum atomic E-state index is 12.0. The Morgan fingerprint density at radius 2 is 2.25 bits per heavy atom. The van der Waals surface area contributed by atoms with Crippen LogP contribution in [0, 0.1) is 11.8 Å². The second kappa shape index (κ2) is 10.4. The summed E-state index contributed by atoms with van der Waals surface area (Å²) in [6, 6.07) is 1.84. The first kappa shape index (κ1) is 16.7. The number of hydrogen-bond donors (Lipinski definition) is 2. The fourth-order valence-electron chi connectivity index (χ4n) is 1.53. The van der Waals surface area contributed by atoms with Crippen molar-refractivity contribution in [1.82, 2.24) is 5.32 Å². The van der Waals surface area contributed by atoms with Gasteiger partial charge in [-0.05, 0) is 24.3 Å². The van der Waals surface area contributed by atoms with Crippen LogP contribution in [0.5, 0.6) is 0 Å². The number of carbonyl (C=O) groups excluding carboxylic acids is 1. The number of unbranched alkanes of at least 4 members (excludes halogenated alkanes) is 1. The van der Waals surface area contributed by atoms with Gasteiger partial charge in [-0.2, -0.15) is 0 Å². The number of hydrogen-bond acceptors (Lipinski definition) is 4. The maximum absolute atomic E-state index is 12.0. The highest BCUT2D eigenvalue weighted by atomic mass is 32.1. The second-order valence-electron chi connectivity index (χ2n) is 4.24. The van der Waals surface area contributed by atoms with E-state index >= 15 is 0 Å². The first-order valence-corrected chi connectivity index (χ1v) is 7.80. The van der Waals surface area contributed by atoms with Crippen molar-refractivity contribution in [2.75, 3.05) is 26.3 Å². The number of nitrogens with two attached hydrogens (primary N) is 1. The molecule has 20 heavy (non-hydrogen) atoms. The smallest absolute Gasteiger partial charge is 0.262 e. The predicted octanol–water partition coefficient (Wildman–Crippen LogP) is 1.99. The van der Waals surface area contributed by atoms with E-state index in [1.54, 1.807) is 0 Å². The number of amides is 1. The summed E-state index contributed by atoms with van der Waals surface area (Å²) in [5, 5.41) is 4.75. The van der Waals surface area contributed by atoms with Crippen LogP contribution in [0.1, 0.15) is 41.4 Å². The van der Waals surface area contributed by atoms with Crippen LogP contribution in [0.25, 0.3) is 0 Å². The molecule has 1 amide bonds. The molecule has 5 heteroatoms. The molecule has 4 nitrogen and oxygen atoms in total. The lowest BCUT2D eigenvalue weighted by atomic mass is 10.2. The van der Waals surface area contributed by atoms with E-state index in [1.807, 2.05) is 11.4 Å². The van der Waals surface area contributed by atoms with Crippen LogP contribution in [-0.4, -0.2) is 32.2 Å². The van der Waals surface area contributed by atoms with Gasteiger partial charge in [0.2, 0.25) is 0 Å². The minimum Gasteiger partial charge on any atom is -0.381 e. The van der Waals surface area contributed by atoms with Gasteiger partial charge in [-0.1, -0.05) is 25.2 Å². The molecule has 0 aliphatic heterocycles. The maximum Gasteiger partial charge on any atom is 0.262 e. The molecule has 1 heterocycles. The van der Waals surface area contributed by atoms with Crippen LogP contribution < -0.4 is 11.1 Å². The van der Waals surface area contributed by atoms with Crippen molar-refractivity contribution >= 4 is 17.2 Å². The lowest BCUT2D eigenvalue weighted by Gasteiger charge is -2.05. The number of ether oxygens (including phenoxy) is 1. The summed E-state index contributed by atoms with van der Waals surface area (Å²) in [7, 11) is 0. The number of carbonyl (C=O) groups is 1. The molecule has 1 aromatic rings. The van der Waals surface area contributed by atoms with E-state index in [9.17, 15) is 4.79 Å². The third-order valence-corrected chi connectivity index (χ3v) is 3.50. The molecule has 110 valence electrons. The van der Waals surface area contributed by atoms with Crippen LogP contribution in [0.15, 0.2) is 11.4 Å². The molecule has 0 unspecified atom stereocenters. The highest BCUT2D eigenvalue weighted by Crippen LogP contribution is 2.15. The van der Waals surface area contributed by atoms with Crippen molar-refractivity contribution in [3.8, 4) is 11.8 Å². The summed E-state index contributed by atoms with van der Waals surface area (Å²) in [6.45, 7) is 4.53. The van der Waals surface area contributed by atoms with Gasteiger partial charge in [-0.25, -0.2) is 0 Å². The largest absolute Gasteiger partial charge is 0.381 e. The molecule has 3 N–H and O–H groups in total. The number of nitrogens with one attached hydrogen (secondary N) is 1. The van der Waals surface area contributed by atoms with Gasteiger partial charge >= 0.3 is 0 Å². The molecule has 0 fully saturated rings. The fourth-order valence-corrected chi connectivity index (χ4v) is 2.30. The van der Waals surface area contributed by atoms with Crippen LogP contribution in [0.2, 0.25) is 0 Å². The van der Waals surface area contributed by atoms with Gasteiger partial charge in [0.05, 0.1) is 6.54 Å². The fraction of sp³-hybridized carbons (Fsp3) is 0.533. The van der Waals surface area contributed by atoms with Crippen LogP contribution in [-0.2, 0) is 4.74 Å². The Labute approximate surface area is 124 Å². The third-order valence-electron chi connectivity index (χ3n) is 2.59. The predicted molar refractivity (Wildman–Crippen MR) is 82.9 cm³/mol. The third kappa shape index (κ3) is 6.20. The first-order chi connectivity index (χ1) is 9.79. The average molecular weight is 294 g/mol. The summed E-state index contributed by atoms with van der Waals surface area (Å²) in [6.07, 6.45) is 3.05. The molecule has 0 bridgehead atoms. The van der Waals surface area contributed by atoms with Crippen molar-refractivity contribution in [3.63, 3.8) is 0 Å². The Morgan fingerprint density at radius 1 is 1.45 bits per heavy atom. The quantitative estimate of drug-likeness (QED) is 0.569. The molecule has 0 aliphatic rings. The topological polar surface area (TPSA) is 64.3 Å². The van der Waals surface area contributed by atoms with E-state index in [2.05, 4.69) is 24.1 Å². The van der Waals surface area contributed by atoms with E-state index in [0.717, 1.165) is 31.4 Å². The van der Waals surface area contributed by atoms with Crippen molar-refractivity contribution in [2.24, 2.45) is 5.73 Å². The van der Waals surface area contributed by atoms with Crippen molar-refractivity contribution in [3.05, 3.63) is 21.9 Å². The molecule has 0 radical (unpaired) electrons. The van der Waals surface area contributed by atoms with Crippen molar-refractivity contribution < 1.29 is 9.53 Å². The summed E-state index contributed by atoms with van der Waals surface area (Å²) < 4.78 is 5.44. The highest BCUT2D eigenvalue weighted by molar-refractivity contribution is 7.12. The highest BCUT2D eigenvalue weighted by Gasteiger charge is 2.10. The molecule has 0 aliphatic carbocycles. The van der Waals surface area contributed by atoms with Gasteiger partial charge in [0.1, 0.15) is 4.88 Å². The first-order valence-electron chi connectivity index (χ1n) is 6.92. The minimum absolute atomic E-state index is 0.0742. The van der Waals surface area contributed by atoms with Gasteiger partial charge in [-0.15, -0.1) is 11.3 Å². The van der Waals surface area contributed by atoms with E-state index in [0.29, 0.717) is 24.6 Å². The molecule has 0 atom stereocenters. The van der Waals surface area contributed by atoms with E-state index in [4.69, 9.17) is 10.5 Å². The van der Waals surface area contributed by atoms with Crippen molar-refractivity contribution in [2.45, 2.75) is 26.2 Å². The lowest BCUT2D eigenvalue weighted by molar-refractivity contribution is 0.0944. The van der Waals surface area contributed by atoms with Crippen molar-refractivity contribution in [1.29, 1.82) is 0 Å². The molecular formula is C15H22N2O2S. The van der Waals surface area contributed by atoms with Gasteiger partial charge in [0.25, 0.3) is 5.91 Å². The zero-order valence-electron chi connectivity index (χ0n) is 11.9. The zero-order chi connectivity index (χ0) is 14.6. The monoisotopic (exact) mass is 294 g/mol. The number of rotatable bonds is 8. The van der Waals surface area contributed by atoms with E-state index in [1.165, 1.54) is 11.3 Å². The molecule has 0 aromatic carbocycles. The number of thiophene rings is 1. The van der Waals surface area contributed by atoms with Gasteiger partial charge < -0.3 is 15.8 Å². The van der Waals surface area contributed by atoms with Gasteiger partial charge in [-0.3, -0.25) is 4.79 Å². The molecular weight excluding hydrogens is 272 g/mol. The van der Waals surface area contributed by atoms with Crippen LogP contribution in [0.4, 0.5) is 0 Å². The van der Waals surface area contributed by atoms with Gasteiger partial charge in [0.15, 0.2) is 0 Å². The lowest BCUT2D eigenvalue weighted by Crippen LogP contribution is -2.25. The Balaban J connectivity index is 2.27.